The monoisotopic (exact) mass is 179 g/mol. The van der Waals surface area contributed by atoms with Crippen LogP contribution in [0, 0.1) is 6.42 Å². The predicted molar refractivity (Wildman–Crippen MR) is 40.3 cm³/mol. The first-order valence-electron chi connectivity index (χ1n) is 3.78. The molecule has 0 fully saturated rings. The smallest absolute Gasteiger partial charge is 0.147 e. The molecule has 13 heavy (non-hydrogen) atoms. The first-order valence-corrected chi connectivity index (χ1v) is 3.78. The summed E-state index contributed by atoms with van der Waals surface area (Å²) in [5, 5.41) is 14.1. The highest BCUT2D eigenvalue weighted by Crippen LogP contribution is 2.01. The zero-order valence-corrected chi connectivity index (χ0v) is 6.75. The van der Waals surface area contributed by atoms with Crippen molar-refractivity contribution in [1.82, 2.24) is 20.7 Å². The topological polar surface area (TPSA) is 77.8 Å². The Bertz CT molecular complexity index is 295. The van der Waals surface area contributed by atoms with E-state index in [1.54, 1.807) is 0 Å². The summed E-state index contributed by atoms with van der Waals surface area (Å²) >= 11 is 0. The van der Waals surface area contributed by atoms with Gasteiger partial charge in [-0.25, -0.2) is 0 Å². The molecule has 0 bridgehead atoms. The molecule has 1 radical (unpaired) electrons. The first kappa shape index (κ1) is 7.90. The van der Waals surface area contributed by atoms with Crippen molar-refractivity contribution in [3.05, 3.63) is 30.3 Å². The molecule has 0 atom stereocenters. The average molecular weight is 179 g/mol. The quantitative estimate of drug-likeness (QED) is 0.677. The minimum absolute atomic E-state index is 0.705. The maximum absolute atomic E-state index is 4.57. The Hall–Kier alpha value is -1.72. The van der Waals surface area contributed by atoms with Crippen molar-refractivity contribution in [1.29, 1.82) is 0 Å². The Balaban J connectivity index is 1.76. The second-order valence-corrected chi connectivity index (χ2v) is 2.49. The number of hydrogen-bond donors (Lipinski definition) is 0. The Morgan fingerprint density at radius 2 is 1.54 bits per heavy atom. The number of nitrogens with zero attached hydrogens (tertiary/aromatic N) is 4. The normalized spacial score (nSPS) is 10.5. The molecule has 2 heterocycles. The molecule has 0 aliphatic heterocycles. The van der Waals surface area contributed by atoms with E-state index < -0.39 is 0 Å². The summed E-state index contributed by atoms with van der Waals surface area (Å²) in [6, 6.07) is 0. The highest BCUT2D eigenvalue weighted by Gasteiger charge is 2.01. The molecular formula is C7H7N4O2. The van der Waals surface area contributed by atoms with Gasteiger partial charge in [-0.05, 0) is 19.3 Å². The molecular weight excluding hydrogens is 172 g/mol. The van der Waals surface area contributed by atoms with Crippen LogP contribution in [-0.2, 0) is 12.8 Å². The molecule has 2 rings (SSSR count). The molecule has 6 nitrogen and oxygen atoms in total. The van der Waals surface area contributed by atoms with Crippen LogP contribution in [0.4, 0.5) is 0 Å². The maximum atomic E-state index is 4.57. The van der Waals surface area contributed by atoms with Gasteiger partial charge in [-0.2, -0.15) is 0 Å². The summed E-state index contributed by atoms with van der Waals surface area (Å²) in [4.78, 5) is 0. The van der Waals surface area contributed by atoms with Crippen molar-refractivity contribution < 1.29 is 9.05 Å². The number of aromatic nitrogens is 4. The zero-order chi connectivity index (χ0) is 8.93. The number of hydrogen-bond acceptors (Lipinski definition) is 6. The largest absolute Gasteiger partial charge is 0.345 e. The minimum Gasteiger partial charge on any atom is -0.345 e. The molecule has 2 aromatic rings. The molecule has 0 amide bonds. The Morgan fingerprint density at radius 3 is 1.92 bits per heavy atom. The van der Waals surface area contributed by atoms with E-state index in [-0.39, 0.29) is 0 Å². The summed E-state index contributed by atoms with van der Waals surface area (Å²) in [7, 11) is 0. The van der Waals surface area contributed by atoms with Crippen LogP contribution in [0.1, 0.15) is 11.4 Å². The Morgan fingerprint density at radius 1 is 1.00 bits per heavy atom. The van der Waals surface area contributed by atoms with E-state index in [0.717, 1.165) is 11.4 Å². The van der Waals surface area contributed by atoms with Crippen molar-refractivity contribution in [2.75, 3.05) is 0 Å². The third kappa shape index (κ3) is 2.11. The van der Waals surface area contributed by atoms with Gasteiger partial charge in [0, 0.05) is 10.5 Å². The fourth-order valence-corrected chi connectivity index (χ4v) is 0.914. The van der Waals surface area contributed by atoms with Crippen molar-refractivity contribution in [2.45, 2.75) is 12.8 Å². The van der Waals surface area contributed by atoms with Crippen molar-refractivity contribution in [3.8, 4) is 0 Å². The van der Waals surface area contributed by atoms with Crippen LogP contribution in [0.2, 0.25) is 0 Å². The van der Waals surface area contributed by atoms with E-state index in [2.05, 4.69) is 29.8 Å². The first-order chi connectivity index (χ1) is 6.45. The lowest BCUT2D eigenvalue weighted by atomic mass is 10.2. The molecule has 6 heteroatoms. The summed E-state index contributed by atoms with van der Waals surface area (Å²) in [6.45, 7) is 0. The van der Waals surface area contributed by atoms with Crippen LogP contribution in [-0.4, -0.2) is 20.7 Å². The van der Waals surface area contributed by atoms with E-state index >= 15 is 0 Å². The van der Waals surface area contributed by atoms with Crippen LogP contribution in [0.15, 0.2) is 21.6 Å². The molecule has 0 aromatic carbocycles. The SMILES string of the molecule is [CH](Cc1conn1)Cc1conn1. The van der Waals surface area contributed by atoms with E-state index in [9.17, 15) is 0 Å². The standard InChI is InChI=1S/C7H7N4O2/c1(2-6-4-12-10-8-6)3-7-5-13-11-9-7/h1,4-5H,2-3H2. The molecule has 0 aliphatic rings. The minimum atomic E-state index is 0.705. The van der Waals surface area contributed by atoms with Gasteiger partial charge in [0.2, 0.25) is 0 Å². The summed E-state index contributed by atoms with van der Waals surface area (Å²) in [5.41, 5.74) is 1.60. The van der Waals surface area contributed by atoms with Gasteiger partial charge >= 0.3 is 0 Å². The lowest BCUT2D eigenvalue weighted by Crippen LogP contribution is -1.91. The lowest BCUT2D eigenvalue weighted by molar-refractivity contribution is 0.392. The van der Waals surface area contributed by atoms with Crippen LogP contribution < -0.4 is 0 Å². The fraction of sp³-hybridized carbons (Fsp3) is 0.286. The highest BCUT2D eigenvalue weighted by molar-refractivity contribution is 4.99. The average Bonchev–Trinajstić information content (AvgIpc) is 2.75. The second-order valence-electron chi connectivity index (χ2n) is 2.49. The van der Waals surface area contributed by atoms with Crippen LogP contribution in [0.3, 0.4) is 0 Å². The molecule has 0 saturated carbocycles. The van der Waals surface area contributed by atoms with Gasteiger partial charge in [0.15, 0.2) is 0 Å². The van der Waals surface area contributed by atoms with E-state index in [1.807, 2.05) is 6.42 Å². The highest BCUT2D eigenvalue weighted by atomic mass is 16.5. The van der Waals surface area contributed by atoms with Crippen molar-refractivity contribution >= 4 is 0 Å². The lowest BCUT2D eigenvalue weighted by Gasteiger charge is -1.90. The molecule has 0 aliphatic carbocycles. The van der Waals surface area contributed by atoms with Crippen LogP contribution >= 0.6 is 0 Å². The van der Waals surface area contributed by atoms with Crippen molar-refractivity contribution in [2.24, 2.45) is 0 Å². The van der Waals surface area contributed by atoms with E-state index in [0.29, 0.717) is 12.8 Å². The van der Waals surface area contributed by atoms with Gasteiger partial charge in [-0.15, -0.1) is 10.2 Å². The predicted octanol–water partition coefficient (Wildman–Crippen LogP) is 0.442. The maximum Gasteiger partial charge on any atom is 0.147 e. The number of rotatable bonds is 4. The van der Waals surface area contributed by atoms with Gasteiger partial charge in [0.25, 0.3) is 0 Å². The van der Waals surface area contributed by atoms with E-state index in [4.69, 9.17) is 0 Å². The summed E-state index contributed by atoms with van der Waals surface area (Å²) in [6.07, 6.45) is 6.43. The third-order valence-corrected chi connectivity index (χ3v) is 1.52. The van der Waals surface area contributed by atoms with E-state index in [1.165, 1.54) is 12.5 Å². The summed E-state index contributed by atoms with van der Waals surface area (Å²) in [5.74, 6) is 0. The van der Waals surface area contributed by atoms with Crippen molar-refractivity contribution in [3.63, 3.8) is 0 Å². The molecule has 67 valence electrons. The van der Waals surface area contributed by atoms with Crippen LogP contribution in [0.5, 0.6) is 0 Å². The molecule has 0 N–H and O–H groups in total. The summed E-state index contributed by atoms with van der Waals surface area (Å²) < 4.78 is 9.15. The van der Waals surface area contributed by atoms with Gasteiger partial charge in [0.05, 0.1) is 0 Å². The molecule has 0 spiro atoms. The van der Waals surface area contributed by atoms with Gasteiger partial charge in [-0.3, -0.25) is 0 Å². The molecule has 2 aromatic heterocycles. The van der Waals surface area contributed by atoms with Gasteiger partial charge in [0.1, 0.15) is 23.9 Å². The third-order valence-electron chi connectivity index (χ3n) is 1.52. The van der Waals surface area contributed by atoms with Gasteiger partial charge < -0.3 is 9.05 Å². The van der Waals surface area contributed by atoms with Crippen LogP contribution in [0.25, 0.3) is 0 Å². The molecule has 0 unspecified atom stereocenters. The second kappa shape index (κ2) is 3.79. The van der Waals surface area contributed by atoms with Gasteiger partial charge in [-0.1, -0.05) is 0 Å². The Labute approximate surface area is 73.9 Å². The molecule has 0 saturated heterocycles. The fourth-order valence-electron chi connectivity index (χ4n) is 0.914. The Kier molecular flexibility index (Phi) is 2.31. The zero-order valence-electron chi connectivity index (χ0n) is 6.75.